The molecule has 2 aliphatic rings. The molecule has 0 spiro atoms. The molecule has 0 aromatic heterocycles. The van der Waals surface area contributed by atoms with Crippen molar-refractivity contribution in [2.75, 3.05) is 13.1 Å². The molecule has 1 aliphatic carbocycles. The molecule has 0 atom stereocenters. The van der Waals surface area contributed by atoms with Gasteiger partial charge in [-0.25, -0.2) is 4.79 Å². The lowest BCUT2D eigenvalue weighted by Crippen LogP contribution is -2.54. The van der Waals surface area contributed by atoms with E-state index >= 15 is 0 Å². The number of hydrogen-bond donors (Lipinski definition) is 2. The van der Waals surface area contributed by atoms with Crippen molar-refractivity contribution in [2.24, 2.45) is 0 Å². The highest BCUT2D eigenvalue weighted by Crippen LogP contribution is 2.31. The molecule has 2 fully saturated rings. The quantitative estimate of drug-likeness (QED) is 0.809. The molecule has 1 aliphatic heterocycles. The van der Waals surface area contributed by atoms with Crippen LogP contribution in [0.25, 0.3) is 0 Å². The third-order valence-electron chi connectivity index (χ3n) is 4.07. The Morgan fingerprint density at radius 2 is 1.67 bits per heavy atom. The first-order valence-electron chi connectivity index (χ1n) is 6.90. The Morgan fingerprint density at radius 1 is 1.06 bits per heavy atom. The maximum atomic E-state index is 12.1. The zero-order valence-corrected chi connectivity index (χ0v) is 10.8. The summed E-state index contributed by atoms with van der Waals surface area (Å²) in [6, 6.07) is -0.0735. The summed E-state index contributed by atoms with van der Waals surface area (Å²) >= 11 is 0. The Balaban J connectivity index is 1.99. The zero-order chi connectivity index (χ0) is 13.0. The second-order valence-electron chi connectivity index (χ2n) is 5.54. The van der Waals surface area contributed by atoms with Crippen molar-refractivity contribution in [3.05, 3.63) is 0 Å². The predicted molar refractivity (Wildman–Crippen MR) is 67.4 cm³/mol. The molecule has 5 nitrogen and oxygen atoms in total. The Hall–Kier alpha value is -1.26. The van der Waals surface area contributed by atoms with E-state index in [4.69, 9.17) is 5.11 Å². The van der Waals surface area contributed by atoms with E-state index in [1.54, 1.807) is 4.90 Å². The summed E-state index contributed by atoms with van der Waals surface area (Å²) in [5.41, 5.74) is -0.510. The number of amides is 2. The second-order valence-corrected chi connectivity index (χ2v) is 5.54. The molecule has 2 rings (SSSR count). The van der Waals surface area contributed by atoms with E-state index in [0.29, 0.717) is 0 Å². The smallest absolute Gasteiger partial charge is 0.317 e. The maximum absolute atomic E-state index is 12.1. The summed E-state index contributed by atoms with van der Waals surface area (Å²) in [4.78, 5) is 24.9. The van der Waals surface area contributed by atoms with Gasteiger partial charge in [-0.15, -0.1) is 0 Å². The summed E-state index contributed by atoms with van der Waals surface area (Å²) in [7, 11) is 0. The van der Waals surface area contributed by atoms with Gasteiger partial charge in [0.2, 0.25) is 0 Å². The van der Waals surface area contributed by atoms with Gasteiger partial charge in [0.15, 0.2) is 0 Å². The minimum atomic E-state index is -0.821. The van der Waals surface area contributed by atoms with Crippen LogP contribution in [0.15, 0.2) is 0 Å². The first-order valence-corrected chi connectivity index (χ1v) is 6.90. The van der Waals surface area contributed by atoms with Crippen molar-refractivity contribution in [3.8, 4) is 0 Å². The number of hydrogen-bond acceptors (Lipinski definition) is 2. The fourth-order valence-electron chi connectivity index (χ4n) is 3.09. The normalized spacial score (nSPS) is 22.8. The average molecular weight is 254 g/mol. The van der Waals surface area contributed by atoms with Crippen LogP contribution in [-0.2, 0) is 4.79 Å². The van der Waals surface area contributed by atoms with Crippen LogP contribution in [0.2, 0.25) is 0 Å². The van der Waals surface area contributed by atoms with E-state index in [1.807, 2.05) is 0 Å². The van der Waals surface area contributed by atoms with Crippen molar-refractivity contribution in [1.29, 1.82) is 0 Å². The summed E-state index contributed by atoms with van der Waals surface area (Å²) in [6.07, 6.45) is 6.89. The van der Waals surface area contributed by atoms with E-state index < -0.39 is 11.5 Å². The molecule has 2 N–H and O–H groups in total. The van der Waals surface area contributed by atoms with Crippen LogP contribution in [0, 0.1) is 0 Å². The highest BCUT2D eigenvalue weighted by atomic mass is 16.4. The molecule has 1 saturated heterocycles. The van der Waals surface area contributed by atoms with Crippen molar-refractivity contribution in [1.82, 2.24) is 10.2 Å². The first-order chi connectivity index (χ1) is 8.61. The summed E-state index contributed by atoms with van der Waals surface area (Å²) in [5, 5.41) is 12.1. The largest absolute Gasteiger partial charge is 0.481 e. The van der Waals surface area contributed by atoms with Gasteiger partial charge in [-0.1, -0.05) is 19.3 Å². The van der Waals surface area contributed by atoms with Crippen LogP contribution >= 0.6 is 0 Å². The first kappa shape index (κ1) is 13.2. The topological polar surface area (TPSA) is 69.6 Å². The summed E-state index contributed by atoms with van der Waals surface area (Å²) < 4.78 is 0. The molecule has 2 amide bonds. The third kappa shape index (κ3) is 3.15. The number of carbonyl (C=O) groups is 2. The fraction of sp³-hybridized carbons (Fsp3) is 0.846. The molecule has 1 heterocycles. The lowest BCUT2D eigenvalue weighted by Gasteiger charge is -2.38. The van der Waals surface area contributed by atoms with Crippen LogP contribution in [0.1, 0.15) is 51.4 Å². The Bertz CT molecular complexity index is 318. The van der Waals surface area contributed by atoms with Crippen molar-refractivity contribution in [3.63, 3.8) is 0 Å². The zero-order valence-electron chi connectivity index (χ0n) is 10.8. The van der Waals surface area contributed by atoms with Crippen molar-refractivity contribution < 1.29 is 14.7 Å². The number of carboxylic acids is 1. The highest BCUT2D eigenvalue weighted by molar-refractivity contribution is 5.77. The molecule has 5 heteroatoms. The van der Waals surface area contributed by atoms with E-state index in [9.17, 15) is 9.59 Å². The Kier molecular flexibility index (Phi) is 4.09. The summed E-state index contributed by atoms with van der Waals surface area (Å²) in [5.74, 6) is -0.821. The lowest BCUT2D eigenvalue weighted by atomic mass is 9.79. The van der Waals surface area contributed by atoms with E-state index in [1.165, 1.54) is 0 Å². The Labute approximate surface area is 108 Å². The van der Waals surface area contributed by atoms with Crippen LogP contribution < -0.4 is 5.32 Å². The number of nitrogens with zero attached hydrogens (tertiary/aromatic N) is 1. The number of rotatable bonds is 3. The number of urea groups is 1. The second kappa shape index (κ2) is 5.59. The third-order valence-corrected chi connectivity index (χ3v) is 4.07. The average Bonchev–Trinajstić information content (AvgIpc) is 2.82. The maximum Gasteiger partial charge on any atom is 0.317 e. The number of nitrogens with one attached hydrogen (secondary N) is 1. The molecule has 0 bridgehead atoms. The van der Waals surface area contributed by atoms with Gasteiger partial charge >= 0.3 is 12.0 Å². The number of carboxylic acid groups (broad SMARTS) is 1. The number of carbonyl (C=O) groups excluding carboxylic acids is 1. The molecule has 0 aromatic rings. The summed E-state index contributed by atoms with van der Waals surface area (Å²) in [6.45, 7) is 1.60. The van der Waals surface area contributed by atoms with Crippen LogP contribution in [-0.4, -0.2) is 40.6 Å². The fourth-order valence-corrected chi connectivity index (χ4v) is 3.09. The number of aliphatic carboxylic acids is 1. The molecule has 18 heavy (non-hydrogen) atoms. The van der Waals surface area contributed by atoms with Crippen molar-refractivity contribution >= 4 is 12.0 Å². The molecule has 0 unspecified atom stereocenters. The molecule has 102 valence electrons. The van der Waals surface area contributed by atoms with Gasteiger partial charge in [0, 0.05) is 13.1 Å². The van der Waals surface area contributed by atoms with Gasteiger partial charge in [0.1, 0.15) is 0 Å². The highest BCUT2D eigenvalue weighted by Gasteiger charge is 2.37. The molecule has 0 radical (unpaired) electrons. The molecule has 1 saturated carbocycles. The van der Waals surface area contributed by atoms with E-state index in [-0.39, 0.29) is 12.5 Å². The van der Waals surface area contributed by atoms with Gasteiger partial charge in [-0.2, -0.15) is 0 Å². The van der Waals surface area contributed by atoms with E-state index in [0.717, 1.165) is 58.0 Å². The van der Waals surface area contributed by atoms with Gasteiger partial charge in [-0.3, -0.25) is 4.79 Å². The number of likely N-dealkylation sites (tertiary alicyclic amines) is 1. The van der Waals surface area contributed by atoms with Gasteiger partial charge in [0.25, 0.3) is 0 Å². The van der Waals surface area contributed by atoms with Crippen molar-refractivity contribution in [2.45, 2.75) is 56.9 Å². The molecule has 0 aromatic carbocycles. The monoisotopic (exact) mass is 254 g/mol. The minimum absolute atomic E-state index is 0.0482. The lowest BCUT2D eigenvalue weighted by molar-refractivity contribution is -0.139. The predicted octanol–water partition coefficient (Wildman–Crippen LogP) is 1.97. The molecular formula is C13H22N2O3. The van der Waals surface area contributed by atoms with Gasteiger partial charge < -0.3 is 15.3 Å². The van der Waals surface area contributed by atoms with Gasteiger partial charge in [-0.05, 0) is 25.7 Å². The van der Waals surface area contributed by atoms with Crippen LogP contribution in [0.3, 0.4) is 0 Å². The van der Waals surface area contributed by atoms with E-state index in [2.05, 4.69) is 5.32 Å². The van der Waals surface area contributed by atoms with Crippen LogP contribution in [0.4, 0.5) is 4.79 Å². The Morgan fingerprint density at radius 3 is 2.22 bits per heavy atom. The minimum Gasteiger partial charge on any atom is -0.481 e. The van der Waals surface area contributed by atoms with Gasteiger partial charge in [0.05, 0.1) is 12.0 Å². The van der Waals surface area contributed by atoms with Crippen LogP contribution in [0.5, 0.6) is 0 Å². The SMILES string of the molecule is O=C(O)CC1(NC(=O)N2CCCC2)CCCCC1. The standard InChI is InChI=1S/C13H22N2O3/c16-11(17)10-13(6-2-1-3-7-13)14-12(18)15-8-4-5-9-15/h1-10H2,(H,14,18)(H,16,17). The molecular weight excluding hydrogens is 232 g/mol.